The van der Waals surface area contributed by atoms with Gasteiger partial charge >= 0.3 is 0 Å². The fourth-order valence-electron chi connectivity index (χ4n) is 0.775. The molecule has 0 saturated heterocycles. The van der Waals surface area contributed by atoms with Crippen LogP contribution in [0.5, 0.6) is 0 Å². The predicted molar refractivity (Wildman–Crippen MR) is 47.5 cm³/mol. The van der Waals surface area contributed by atoms with Crippen LogP contribution in [0.15, 0.2) is 23.8 Å². The summed E-state index contributed by atoms with van der Waals surface area (Å²) in [7, 11) is 0. The van der Waals surface area contributed by atoms with E-state index in [0.29, 0.717) is 0 Å². The molecule has 2 aromatic rings. The smallest absolute Gasteiger partial charge is 0.0517 e. The summed E-state index contributed by atoms with van der Waals surface area (Å²) in [4.78, 5) is 3.03. The van der Waals surface area contributed by atoms with Gasteiger partial charge in [0.05, 0.1) is 4.70 Å². The minimum Gasteiger partial charge on any atom is -0.366 e. The summed E-state index contributed by atoms with van der Waals surface area (Å²) in [5.41, 5.74) is 0. The van der Waals surface area contributed by atoms with Gasteiger partial charge in [0, 0.05) is 17.8 Å². The number of nitrogens with one attached hydrogen (secondary N) is 1. The van der Waals surface area contributed by atoms with E-state index in [1.165, 1.54) is 10.1 Å². The van der Waals surface area contributed by atoms with Crippen LogP contribution in [0.3, 0.4) is 0 Å². The first kappa shape index (κ1) is 7.35. The molecule has 0 aliphatic carbocycles. The fourth-order valence-corrected chi connectivity index (χ4v) is 1.53. The molecule has 1 N–H and O–H groups in total. The maximum Gasteiger partial charge on any atom is 0.0517 e. The van der Waals surface area contributed by atoms with Gasteiger partial charge in [0.1, 0.15) is 0 Å². The van der Waals surface area contributed by atoms with Gasteiger partial charge in [-0.25, -0.2) is 0 Å². The van der Waals surface area contributed by atoms with Gasteiger partial charge in [-0.05, 0) is 11.4 Å². The molecule has 0 aromatic carbocycles. The highest BCUT2D eigenvalue weighted by Crippen LogP contribution is 2.18. The summed E-state index contributed by atoms with van der Waals surface area (Å²) in [6.07, 6.45) is 4.02. The van der Waals surface area contributed by atoms with Crippen LogP contribution in [0, 0.1) is 0 Å². The number of thiophene rings is 1. The second kappa shape index (κ2) is 3.42. The van der Waals surface area contributed by atoms with E-state index in [9.17, 15) is 0 Å². The van der Waals surface area contributed by atoms with E-state index in [4.69, 9.17) is 0 Å². The van der Waals surface area contributed by atoms with Crippen LogP contribution < -0.4 is 0 Å². The Morgan fingerprint density at radius 1 is 1.30 bits per heavy atom. The highest BCUT2D eigenvalue weighted by Gasteiger charge is 1.89. The van der Waals surface area contributed by atoms with Crippen LogP contribution in [0.2, 0.25) is 0 Å². The molecule has 0 spiro atoms. The number of H-pyrrole nitrogens is 1. The predicted octanol–water partition coefficient (Wildman–Crippen LogP) is 3.26. The Morgan fingerprint density at radius 2 is 2.10 bits per heavy atom. The molecule has 2 rings (SSSR count). The van der Waals surface area contributed by atoms with E-state index in [-0.39, 0.29) is 0 Å². The van der Waals surface area contributed by atoms with Gasteiger partial charge in [-0.15, -0.1) is 11.3 Å². The van der Waals surface area contributed by atoms with E-state index in [1.807, 2.05) is 26.2 Å². The third-order valence-corrected chi connectivity index (χ3v) is 2.06. The lowest BCUT2D eigenvalue weighted by Crippen LogP contribution is -1.43. The maximum atomic E-state index is 3.03. The van der Waals surface area contributed by atoms with Crippen LogP contribution in [0.1, 0.15) is 13.8 Å². The zero-order valence-electron chi connectivity index (χ0n) is 6.22. The van der Waals surface area contributed by atoms with Crippen molar-refractivity contribution in [2.24, 2.45) is 0 Å². The normalized spacial score (nSPS) is 9.00. The van der Waals surface area contributed by atoms with Crippen molar-refractivity contribution in [2.45, 2.75) is 13.8 Å². The first-order valence-corrected chi connectivity index (χ1v) is 4.35. The number of aromatic amines is 1. The molecule has 0 atom stereocenters. The Morgan fingerprint density at radius 3 is 2.80 bits per heavy atom. The summed E-state index contributed by atoms with van der Waals surface area (Å²) in [6, 6.07) is 2.11. The summed E-state index contributed by atoms with van der Waals surface area (Å²) < 4.78 is 1.34. The van der Waals surface area contributed by atoms with Crippen LogP contribution in [-0.2, 0) is 0 Å². The Bertz CT molecular complexity index is 231. The zero-order chi connectivity index (χ0) is 7.40. The number of hydrogen-bond acceptors (Lipinski definition) is 1. The lowest BCUT2D eigenvalue weighted by atomic mass is 10.4. The van der Waals surface area contributed by atoms with Crippen molar-refractivity contribution in [3.05, 3.63) is 23.8 Å². The molecule has 0 radical (unpaired) electrons. The molecule has 0 unspecified atom stereocenters. The third kappa shape index (κ3) is 1.21. The van der Waals surface area contributed by atoms with Gasteiger partial charge < -0.3 is 4.98 Å². The van der Waals surface area contributed by atoms with Crippen molar-refractivity contribution in [1.82, 2.24) is 4.98 Å². The molecular formula is C8H11NS. The van der Waals surface area contributed by atoms with Gasteiger partial charge in [0.25, 0.3) is 0 Å². The number of aromatic nitrogens is 1. The minimum atomic E-state index is 1.31. The van der Waals surface area contributed by atoms with E-state index in [1.54, 1.807) is 11.3 Å². The molecule has 0 aliphatic heterocycles. The fraction of sp³-hybridized carbons (Fsp3) is 0.250. The van der Waals surface area contributed by atoms with Crippen molar-refractivity contribution in [2.75, 3.05) is 0 Å². The molecule has 2 heterocycles. The summed E-state index contributed by atoms with van der Waals surface area (Å²) in [5, 5.41) is 3.41. The molecule has 10 heavy (non-hydrogen) atoms. The maximum absolute atomic E-state index is 3.03. The van der Waals surface area contributed by atoms with Crippen molar-refractivity contribution in [3.63, 3.8) is 0 Å². The molecule has 0 bridgehead atoms. The highest BCUT2D eigenvalue weighted by atomic mass is 32.1. The SMILES string of the molecule is CC.c1cc2c[nH]cc2s1. The highest BCUT2D eigenvalue weighted by molar-refractivity contribution is 7.17. The Hall–Kier alpha value is -0.760. The first-order chi connectivity index (χ1) is 4.97. The Balaban J connectivity index is 0.000000231. The van der Waals surface area contributed by atoms with Crippen molar-refractivity contribution in [3.8, 4) is 0 Å². The van der Waals surface area contributed by atoms with Gasteiger partial charge in [-0.3, -0.25) is 0 Å². The first-order valence-electron chi connectivity index (χ1n) is 3.47. The van der Waals surface area contributed by atoms with Gasteiger partial charge in [0.2, 0.25) is 0 Å². The zero-order valence-corrected chi connectivity index (χ0v) is 7.03. The van der Waals surface area contributed by atoms with E-state index in [0.717, 1.165) is 0 Å². The quantitative estimate of drug-likeness (QED) is 0.598. The third-order valence-electron chi connectivity index (χ3n) is 1.18. The monoisotopic (exact) mass is 153 g/mol. The average Bonchev–Trinajstić information content (AvgIpc) is 2.49. The van der Waals surface area contributed by atoms with Gasteiger partial charge in [-0.1, -0.05) is 13.8 Å². The molecule has 1 nitrogen and oxygen atoms in total. The molecule has 0 saturated carbocycles. The van der Waals surface area contributed by atoms with Gasteiger partial charge in [-0.2, -0.15) is 0 Å². The Labute approximate surface area is 64.7 Å². The number of hydrogen-bond donors (Lipinski definition) is 1. The minimum absolute atomic E-state index is 1.31. The standard InChI is InChI=1S/C6H5NS.C2H6/c1-2-8-6-4-7-3-5(1)6;1-2/h1-4,7H;1-2H3. The van der Waals surface area contributed by atoms with E-state index < -0.39 is 0 Å². The lowest BCUT2D eigenvalue weighted by molar-refractivity contribution is 1.43. The molecule has 2 aromatic heterocycles. The van der Waals surface area contributed by atoms with Gasteiger partial charge in [0.15, 0.2) is 0 Å². The van der Waals surface area contributed by atoms with E-state index >= 15 is 0 Å². The van der Waals surface area contributed by atoms with Crippen LogP contribution in [0.4, 0.5) is 0 Å². The molecule has 0 aliphatic rings. The van der Waals surface area contributed by atoms with Crippen LogP contribution in [-0.4, -0.2) is 4.98 Å². The van der Waals surface area contributed by atoms with Crippen molar-refractivity contribution in [1.29, 1.82) is 0 Å². The van der Waals surface area contributed by atoms with E-state index in [2.05, 4.69) is 16.4 Å². The van der Waals surface area contributed by atoms with Crippen LogP contribution in [0.25, 0.3) is 10.1 Å². The summed E-state index contributed by atoms with van der Waals surface area (Å²) in [5.74, 6) is 0. The number of rotatable bonds is 0. The number of fused-ring (bicyclic) bond motifs is 1. The topological polar surface area (TPSA) is 15.8 Å². The Kier molecular flexibility index (Phi) is 2.51. The summed E-state index contributed by atoms with van der Waals surface area (Å²) >= 11 is 1.76. The largest absolute Gasteiger partial charge is 0.366 e. The lowest BCUT2D eigenvalue weighted by Gasteiger charge is -1.63. The van der Waals surface area contributed by atoms with Crippen molar-refractivity contribution < 1.29 is 0 Å². The molecule has 0 amide bonds. The summed E-state index contributed by atoms with van der Waals surface area (Å²) in [6.45, 7) is 4.00. The average molecular weight is 153 g/mol. The van der Waals surface area contributed by atoms with Crippen molar-refractivity contribution >= 4 is 21.4 Å². The molecule has 2 heteroatoms. The second-order valence-electron chi connectivity index (χ2n) is 1.70. The second-order valence-corrected chi connectivity index (χ2v) is 2.64. The van der Waals surface area contributed by atoms with Crippen LogP contribution >= 0.6 is 11.3 Å². The molecule has 54 valence electrons. The molecular weight excluding hydrogens is 142 g/mol. The molecule has 0 fully saturated rings.